The summed E-state index contributed by atoms with van der Waals surface area (Å²) in [5.41, 5.74) is -1.80. The van der Waals surface area contributed by atoms with E-state index in [1.54, 1.807) is 0 Å². The zero-order valence-corrected chi connectivity index (χ0v) is 31.8. The number of phosphoric ester groups is 1. The summed E-state index contributed by atoms with van der Waals surface area (Å²) >= 11 is 0. The molecule has 11 atom stereocenters. The second-order valence-corrected chi connectivity index (χ2v) is 12.3. The summed E-state index contributed by atoms with van der Waals surface area (Å²) in [4.78, 5) is 72.9. The SMILES string of the molecule is CC(=O)N[C@@H]1[C@@H](O)[C@H](O)[C@@H](CO)O[C@@H]1CC(OP(=O)([O-])OC[C@H]1O[C@@H](n2ccc(=O)[nH]c2=O)[C@H](O)[C@@H]1O)P(=O)([O-])[O-].[Na+].[Na+].[Na+]. The molecule has 1 aromatic heterocycles. The molecule has 0 bridgehead atoms. The quantitative estimate of drug-likeness (QED) is 0.0832. The third-order valence-corrected chi connectivity index (χ3v) is 8.46. The Morgan fingerprint density at radius 3 is 2.14 bits per heavy atom. The first-order valence-electron chi connectivity index (χ1n) is 11.8. The van der Waals surface area contributed by atoms with Gasteiger partial charge >= 0.3 is 94.4 Å². The number of carbonyl (C=O) groups is 1. The van der Waals surface area contributed by atoms with Crippen LogP contribution in [0.15, 0.2) is 21.9 Å². The summed E-state index contributed by atoms with van der Waals surface area (Å²) in [5, 5.41) is 52.4. The maximum Gasteiger partial charge on any atom is 1.00 e. The van der Waals surface area contributed by atoms with Gasteiger partial charge in [-0.2, -0.15) is 0 Å². The van der Waals surface area contributed by atoms with Crippen LogP contribution in [0.25, 0.3) is 0 Å². The van der Waals surface area contributed by atoms with Crippen molar-refractivity contribution in [3.05, 3.63) is 33.1 Å². The van der Waals surface area contributed by atoms with Gasteiger partial charge in [-0.05, 0) is 7.60 Å². The van der Waals surface area contributed by atoms with Crippen molar-refractivity contribution >= 4 is 21.3 Å². The van der Waals surface area contributed by atoms with E-state index in [2.05, 4.69) is 14.4 Å². The first-order chi connectivity index (χ1) is 18.9. The third-order valence-electron chi connectivity index (χ3n) is 6.30. The Balaban J connectivity index is 0.00000616. The second kappa shape index (κ2) is 18.8. The van der Waals surface area contributed by atoms with E-state index in [1.807, 2.05) is 4.98 Å². The Bertz CT molecular complexity index is 1300. The molecule has 44 heavy (non-hydrogen) atoms. The summed E-state index contributed by atoms with van der Waals surface area (Å²) in [6.07, 6.45) is -13.8. The van der Waals surface area contributed by atoms with Gasteiger partial charge in [0.2, 0.25) is 5.91 Å². The average molecular weight is 701 g/mol. The molecule has 1 aromatic rings. The van der Waals surface area contributed by atoms with Crippen molar-refractivity contribution in [3.63, 3.8) is 0 Å². The summed E-state index contributed by atoms with van der Waals surface area (Å²) in [6, 6.07) is -0.654. The Morgan fingerprint density at radius 2 is 1.61 bits per heavy atom. The number of carbonyl (C=O) groups excluding carboxylic acids is 1. The Labute approximate surface area is 315 Å². The molecule has 3 heterocycles. The van der Waals surface area contributed by atoms with E-state index >= 15 is 0 Å². The van der Waals surface area contributed by atoms with Gasteiger partial charge in [0.25, 0.3) is 13.4 Å². The predicted molar refractivity (Wildman–Crippen MR) is 123 cm³/mol. The molecule has 2 aliphatic heterocycles. The van der Waals surface area contributed by atoms with Crippen molar-refractivity contribution < 1.29 is 161 Å². The van der Waals surface area contributed by atoms with Gasteiger partial charge in [-0.3, -0.25) is 23.7 Å². The van der Waals surface area contributed by atoms with Gasteiger partial charge in [0.1, 0.15) is 36.6 Å². The van der Waals surface area contributed by atoms with Crippen molar-refractivity contribution in [2.75, 3.05) is 13.2 Å². The Morgan fingerprint density at radius 1 is 1.02 bits per heavy atom. The molecular weight excluding hydrogens is 673 g/mol. The molecule has 3 rings (SSSR count). The standard InChI is InChI=1S/C19H31N3O17P2.3Na/c1-7(24)20-13-8(37-9(5-23)14(26)16(13)28)4-12(40(31,32)33)39-41(34,35)36-6-10-15(27)17(29)18(38-10)22-3-2-11(25)21-19(22)30;;;/h2-3,8-10,12-18,23,26-29H,4-6H2,1H3,(H,20,24)(H,34,35)(H,21,25,30)(H2,31,32,33);;;/q;3*+1/p-3/t8-,9-,10-,12?,13+,14-,15-,16-,17-,18-;;;/m1.../s1. The van der Waals surface area contributed by atoms with E-state index in [0.29, 0.717) is 4.57 Å². The number of hydrogen-bond donors (Lipinski definition) is 7. The summed E-state index contributed by atoms with van der Waals surface area (Å²) < 4.78 is 44.6. The summed E-state index contributed by atoms with van der Waals surface area (Å²) in [7, 11) is -11.7. The average Bonchev–Trinajstić information content (AvgIpc) is 3.14. The number of H-pyrrole nitrogens is 1. The maximum atomic E-state index is 12.5. The molecule has 0 spiro atoms. The molecule has 7 N–H and O–H groups in total. The first-order valence-corrected chi connectivity index (χ1v) is 14.9. The van der Waals surface area contributed by atoms with Crippen LogP contribution in [-0.2, 0) is 32.4 Å². The van der Waals surface area contributed by atoms with E-state index in [4.69, 9.17) is 9.47 Å². The molecule has 1 amide bonds. The maximum absolute atomic E-state index is 12.5. The molecule has 20 nitrogen and oxygen atoms in total. The van der Waals surface area contributed by atoms with Crippen molar-refractivity contribution in [2.24, 2.45) is 0 Å². The van der Waals surface area contributed by atoms with Gasteiger partial charge in [-0.1, -0.05) is 0 Å². The topological polar surface area (TPSA) is 325 Å². The first kappa shape index (κ1) is 45.1. The van der Waals surface area contributed by atoms with Gasteiger partial charge in [0.15, 0.2) is 6.23 Å². The van der Waals surface area contributed by atoms with Gasteiger partial charge in [-0.15, -0.1) is 0 Å². The Hall–Kier alpha value is 1.13. The fourth-order valence-electron chi connectivity index (χ4n) is 4.31. The number of nitrogens with one attached hydrogen (secondary N) is 2. The minimum Gasteiger partial charge on any atom is -0.809 e. The molecule has 0 aromatic carbocycles. The van der Waals surface area contributed by atoms with Crippen LogP contribution < -0.4 is 120 Å². The predicted octanol–water partition coefficient (Wildman–Crippen LogP) is -15.7. The monoisotopic (exact) mass is 701 g/mol. The van der Waals surface area contributed by atoms with Crippen LogP contribution in [0.4, 0.5) is 0 Å². The van der Waals surface area contributed by atoms with E-state index < -0.39 is 113 Å². The normalized spacial score (nSPS) is 32.2. The van der Waals surface area contributed by atoms with Crippen LogP contribution >= 0.6 is 15.4 Å². The summed E-state index contributed by atoms with van der Waals surface area (Å²) in [6.45, 7) is -0.985. The number of aliphatic hydroxyl groups excluding tert-OH is 5. The van der Waals surface area contributed by atoms with Gasteiger partial charge in [0, 0.05) is 25.6 Å². The van der Waals surface area contributed by atoms with Gasteiger partial charge < -0.3 is 68.6 Å². The fraction of sp³-hybridized carbons (Fsp3) is 0.737. The van der Waals surface area contributed by atoms with Gasteiger partial charge in [-0.25, -0.2) is 4.79 Å². The largest absolute Gasteiger partial charge is 1.00 e. The third kappa shape index (κ3) is 11.6. The fourth-order valence-corrected chi connectivity index (χ4v) is 6.35. The summed E-state index contributed by atoms with van der Waals surface area (Å²) in [5.74, 6) is -3.51. The number of phosphoric acid groups is 1. The van der Waals surface area contributed by atoms with Crippen LogP contribution in [0.5, 0.6) is 0 Å². The number of aromatic nitrogens is 2. The van der Waals surface area contributed by atoms with E-state index in [-0.39, 0.29) is 88.7 Å². The molecule has 2 saturated heterocycles. The zero-order chi connectivity index (χ0) is 30.9. The minimum absolute atomic E-state index is 0. The number of hydrogen-bond acceptors (Lipinski definition) is 17. The molecule has 2 aliphatic rings. The van der Waals surface area contributed by atoms with Gasteiger partial charge in [0.05, 0.1) is 31.2 Å². The number of aliphatic hydroxyl groups is 5. The molecule has 0 radical (unpaired) electrons. The second-order valence-electron chi connectivity index (χ2n) is 9.25. The molecule has 0 saturated carbocycles. The number of rotatable bonds is 11. The number of aromatic amines is 1. The Kier molecular flexibility index (Phi) is 19.3. The van der Waals surface area contributed by atoms with Crippen molar-refractivity contribution in [1.29, 1.82) is 0 Å². The smallest absolute Gasteiger partial charge is 0.809 e. The number of ether oxygens (including phenoxy) is 2. The van der Waals surface area contributed by atoms with E-state index in [9.17, 15) is 63.7 Å². The molecule has 0 aliphatic carbocycles. The van der Waals surface area contributed by atoms with Crippen LogP contribution in [-0.4, -0.2) is 109 Å². The van der Waals surface area contributed by atoms with Crippen LogP contribution in [0.2, 0.25) is 0 Å². The van der Waals surface area contributed by atoms with Crippen LogP contribution in [0, 0.1) is 0 Å². The molecule has 2 fully saturated rings. The number of nitrogens with zero attached hydrogens (tertiary/aromatic N) is 1. The van der Waals surface area contributed by atoms with Crippen molar-refractivity contribution in [1.82, 2.24) is 14.9 Å². The minimum atomic E-state index is -5.95. The van der Waals surface area contributed by atoms with Crippen LogP contribution in [0.3, 0.4) is 0 Å². The van der Waals surface area contributed by atoms with E-state index in [0.717, 1.165) is 19.2 Å². The zero-order valence-electron chi connectivity index (χ0n) is 24.0. The molecule has 25 heteroatoms. The molecule has 234 valence electrons. The van der Waals surface area contributed by atoms with Crippen molar-refractivity contribution in [3.8, 4) is 0 Å². The van der Waals surface area contributed by atoms with Crippen molar-refractivity contribution in [2.45, 2.75) is 74.2 Å². The van der Waals surface area contributed by atoms with E-state index in [1.165, 1.54) is 0 Å². The molecule has 2 unspecified atom stereocenters. The van der Waals surface area contributed by atoms with Crippen LogP contribution in [0.1, 0.15) is 19.6 Å². The molecular formula is C19H28N3Na3O17P2. The number of amides is 1.